The van der Waals surface area contributed by atoms with Crippen LogP contribution >= 0.6 is 0 Å². The summed E-state index contributed by atoms with van der Waals surface area (Å²) in [5, 5.41) is 9.05. The van der Waals surface area contributed by atoms with E-state index in [9.17, 15) is 13.0 Å². The van der Waals surface area contributed by atoms with E-state index in [1.165, 1.54) is 19.1 Å². The molecule has 0 heterocycles. The first-order chi connectivity index (χ1) is 5.43. The van der Waals surface area contributed by atoms with E-state index in [4.69, 9.17) is 5.11 Å². The molecule has 6 heteroatoms. The fraction of sp³-hybridized carbons (Fsp3) is 0.143. The Morgan fingerprint density at radius 1 is 1.38 bits per heavy atom. The molecule has 0 unspecified atom stereocenters. The van der Waals surface area contributed by atoms with Gasteiger partial charge in [0.05, 0.1) is 4.90 Å². The Kier molecular flexibility index (Phi) is 4.41. The summed E-state index contributed by atoms with van der Waals surface area (Å²) < 4.78 is 31.7. The number of phenols is 1. The number of hydrogen-bond acceptors (Lipinski definition) is 4. The van der Waals surface area contributed by atoms with E-state index in [1.54, 1.807) is 0 Å². The molecule has 0 aliphatic rings. The second-order valence-electron chi connectivity index (χ2n) is 2.38. The van der Waals surface area contributed by atoms with Crippen LogP contribution in [0, 0.1) is 6.92 Å². The SMILES string of the molecule is Cc1cccc(O)c1S(=O)(=O)[O-].[Na+]. The number of phenolic OH excluding ortho intramolecular Hbond substituents is 1. The van der Waals surface area contributed by atoms with Gasteiger partial charge in [-0.3, -0.25) is 0 Å². The molecule has 4 nitrogen and oxygen atoms in total. The minimum Gasteiger partial charge on any atom is -0.744 e. The first-order valence-electron chi connectivity index (χ1n) is 3.17. The molecule has 0 aromatic heterocycles. The topological polar surface area (TPSA) is 77.4 Å². The Morgan fingerprint density at radius 3 is 2.23 bits per heavy atom. The van der Waals surface area contributed by atoms with E-state index in [-0.39, 0.29) is 35.1 Å². The van der Waals surface area contributed by atoms with E-state index >= 15 is 0 Å². The van der Waals surface area contributed by atoms with Crippen molar-refractivity contribution in [1.82, 2.24) is 0 Å². The van der Waals surface area contributed by atoms with Crippen molar-refractivity contribution in [2.75, 3.05) is 0 Å². The van der Waals surface area contributed by atoms with Gasteiger partial charge >= 0.3 is 29.6 Å². The number of aromatic hydroxyl groups is 1. The molecule has 0 aliphatic heterocycles. The van der Waals surface area contributed by atoms with Crippen LogP contribution in [-0.4, -0.2) is 18.1 Å². The van der Waals surface area contributed by atoms with Crippen molar-refractivity contribution in [3.63, 3.8) is 0 Å². The molecular formula is C7H7NaO4S. The van der Waals surface area contributed by atoms with E-state index in [0.29, 0.717) is 0 Å². The molecule has 13 heavy (non-hydrogen) atoms. The van der Waals surface area contributed by atoms with Gasteiger partial charge < -0.3 is 9.66 Å². The van der Waals surface area contributed by atoms with Crippen molar-refractivity contribution in [3.8, 4) is 5.75 Å². The summed E-state index contributed by atoms with van der Waals surface area (Å²) in [7, 11) is -4.56. The van der Waals surface area contributed by atoms with E-state index < -0.39 is 20.8 Å². The zero-order chi connectivity index (χ0) is 9.35. The first kappa shape index (κ1) is 12.9. The van der Waals surface area contributed by atoms with Gasteiger partial charge in [0.25, 0.3) is 0 Å². The van der Waals surface area contributed by atoms with Crippen molar-refractivity contribution in [2.24, 2.45) is 0 Å². The summed E-state index contributed by atoms with van der Waals surface area (Å²) in [5.74, 6) is -0.495. The predicted octanol–water partition coefficient (Wildman–Crippen LogP) is -2.39. The number of benzene rings is 1. The molecule has 1 rings (SSSR count). The van der Waals surface area contributed by atoms with Crippen LogP contribution in [0.5, 0.6) is 5.75 Å². The Labute approximate surface area is 98.6 Å². The summed E-state index contributed by atoms with van der Waals surface area (Å²) in [6, 6.07) is 4.08. The largest absolute Gasteiger partial charge is 1.00 e. The normalized spacial score (nSPS) is 10.6. The maximum Gasteiger partial charge on any atom is 1.00 e. The molecule has 0 amide bonds. The van der Waals surface area contributed by atoms with Gasteiger partial charge in [-0.1, -0.05) is 12.1 Å². The van der Waals surface area contributed by atoms with Crippen LogP contribution in [0.3, 0.4) is 0 Å². The minimum absolute atomic E-state index is 0. The molecular weight excluding hydrogens is 203 g/mol. The van der Waals surface area contributed by atoms with Crippen molar-refractivity contribution in [3.05, 3.63) is 23.8 Å². The van der Waals surface area contributed by atoms with Crippen molar-refractivity contribution in [2.45, 2.75) is 11.8 Å². The van der Waals surface area contributed by atoms with E-state index in [0.717, 1.165) is 6.07 Å². The van der Waals surface area contributed by atoms with Crippen molar-refractivity contribution in [1.29, 1.82) is 0 Å². The van der Waals surface area contributed by atoms with Crippen LogP contribution in [0.25, 0.3) is 0 Å². The average molecular weight is 210 g/mol. The molecule has 0 bridgehead atoms. The average Bonchev–Trinajstić information content (AvgIpc) is 1.82. The summed E-state index contributed by atoms with van der Waals surface area (Å²) in [4.78, 5) is -0.537. The second kappa shape index (κ2) is 4.43. The fourth-order valence-corrected chi connectivity index (χ4v) is 1.75. The quantitative estimate of drug-likeness (QED) is 0.414. The Morgan fingerprint density at radius 2 is 1.92 bits per heavy atom. The van der Waals surface area contributed by atoms with Crippen LogP contribution in [0.4, 0.5) is 0 Å². The molecule has 0 radical (unpaired) electrons. The molecule has 1 N–H and O–H groups in total. The van der Waals surface area contributed by atoms with Crippen LogP contribution in [-0.2, 0) is 10.1 Å². The maximum atomic E-state index is 10.6. The summed E-state index contributed by atoms with van der Waals surface area (Å²) in [5.41, 5.74) is 0.255. The van der Waals surface area contributed by atoms with Gasteiger partial charge in [-0.2, -0.15) is 0 Å². The Hall–Kier alpha value is -0.0700. The number of rotatable bonds is 1. The first-order valence-corrected chi connectivity index (χ1v) is 4.58. The van der Waals surface area contributed by atoms with E-state index in [2.05, 4.69) is 0 Å². The van der Waals surface area contributed by atoms with Gasteiger partial charge in [-0.25, -0.2) is 8.42 Å². The summed E-state index contributed by atoms with van der Waals surface area (Å²) in [6.45, 7) is 1.45. The number of hydrogen-bond donors (Lipinski definition) is 1. The second-order valence-corrected chi connectivity index (χ2v) is 3.69. The summed E-state index contributed by atoms with van der Waals surface area (Å²) in [6.07, 6.45) is 0. The standard InChI is InChI=1S/C7H8O4S.Na/c1-5-3-2-4-6(8)7(5)12(9,10)11;/h2-4,8H,1H3,(H,9,10,11);/q;+1/p-1. The zero-order valence-electron chi connectivity index (χ0n) is 7.31. The smallest absolute Gasteiger partial charge is 0.744 e. The van der Waals surface area contributed by atoms with Gasteiger partial charge in [-0.15, -0.1) is 0 Å². The van der Waals surface area contributed by atoms with Crippen molar-refractivity contribution >= 4 is 10.1 Å². The van der Waals surface area contributed by atoms with Crippen LogP contribution < -0.4 is 29.6 Å². The zero-order valence-corrected chi connectivity index (χ0v) is 10.1. The van der Waals surface area contributed by atoms with Crippen molar-refractivity contribution < 1.29 is 47.6 Å². The molecule has 1 aromatic carbocycles. The van der Waals surface area contributed by atoms with Gasteiger partial charge in [0, 0.05) is 0 Å². The molecule has 66 valence electrons. The summed E-state index contributed by atoms with van der Waals surface area (Å²) >= 11 is 0. The molecule has 0 fully saturated rings. The van der Waals surface area contributed by atoms with Crippen LogP contribution in [0.1, 0.15) is 5.56 Å². The molecule has 0 atom stereocenters. The third kappa shape index (κ3) is 2.96. The monoisotopic (exact) mass is 210 g/mol. The van der Waals surface area contributed by atoms with Crippen LogP contribution in [0.2, 0.25) is 0 Å². The minimum atomic E-state index is -4.56. The van der Waals surface area contributed by atoms with Gasteiger partial charge in [0.15, 0.2) is 0 Å². The van der Waals surface area contributed by atoms with Gasteiger partial charge in [0.1, 0.15) is 15.9 Å². The third-order valence-electron chi connectivity index (χ3n) is 1.44. The molecule has 0 aliphatic carbocycles. The molecule has 0 saturated heterocycles. The van der Waals surface area contributed by atoms with Crippen LogP contribution in [0.15, 0.2) is 23.1 Å². The van der Waals surface area contributed by atoms with E-state index in [1.807, 2.05) is 0 Å². The Bertz CT molecular complexity index is 379. The molecule has 1 aromatic rings. The number of aryl methyl sites for hydroxylation is 1. The maximum absolute atomic E-state index is 10.6. The van der Waals surface area contributed by atoms with Gasteiger partial charge in [-0.05, 0) is 18.6 Å². The Balaban J connectivity index is 0.00000144. The molecule has 0 spiro atoms. The predicted molar refractivity (Wildman–Crippen MR) is 40.8 cm³/mol. The third-order valence-corrected chi connectivity index (χ3v) is 2.47. The fourth-order valence-electron chi connectivity index (χ4n) is 0.962. The molecule has 0 saturated carbocycles. The van der Waals surface area contributed by atoms with Gasteiger partial charge in [0.2, 0.25) is 0 Å².